The van der Waals surface area contributed by atoms with E-state index >= 15 is 0 Å². The van der Waals surface area contributed by atoms with Crippen LogP contribution in [0, 0.1) is 12.7 Å². The molecule has 0 amide bonds. The minimum Gasteiger partial charge on any atom is -0.368 e. The second kappa shape index (κ2) is 7.98. The first kappa shape index (κ1) is 20.6. The fourth-order valence-electron chi connectivity index (χ4n) is 4.12. The molecule has 5 rings (SSSR count). The summed E-state index contributed by atoms with van der Waals surface area (Å²) < 4.78 is 15.6. The Hall–Kier alpha value is -4.33. The van der Waals surface area contributed by atoms with E-state index in [-0.39, 0.29) is 11.5 Å². The van der Waals surface area contributed by atoms with E-state index in [2.05, 4.69) is 20.3 Å². The Kier molecular flexibility index (Phi) is 4.97. The lowest BCUT2D eigenvalue weighted by atomic mass is 10.0. The summed E-state index contributed by atoms with van der Waals surface area (Å²) in [5, 5.41) is 4.73. The average molecular weight is 440 g/mol. The van der Waals surface area contributed by atoms with Crippen LogP contribution < -0.4 is 16.6 Å². The minimum absolute atomic E-state index is 0.113. The zero-order valence-electron chi connectivity index (χ0n) is 18.1. The predicted octanol–water partition coefficient (Wildman–Crippen LogP) is 4.53. The zero-order chi connectivity index (χ0) is 23.1. The molecule has 2 aromatic carbocycles. The van der Waals surface area contributed by atoms with Crippen molar-refractivity contribution in [3.8, 4) is 5.69 Å². The summed E-state index contributed by atoms with van der Waals surface area (Å²) in [6.45, 7) is 3.79. The van der Waals surface area contributed by atoms with Crippen LogP contribution in [0.3, 0.4) is 0 Å². The highest BCUT2D eigenvalue weighted by Gasteiger charge is 2.19. The van der Waals surface area contributed by atoms with Gasteiger partial charge in [0, 0.05) is 11.9 Å². The predicted molar refractivity (Wildman–Crippen MR) is 128 cm³/mol. The van der Waals surface area contributed by atoms with Crippen LogP contribution in [0.1, 0.15) is 24.2 Å². The molecule has 0 saturated heterocycles. The van der Waals surface area contributed by atoms with Gasteiger partial charge in [-0.1, -0.05) is 24.3 Å². The summed E-state index contributed by atoms with van der Waals surface area (Å²) in [7, 11) is 0. The van der Waals surface area contributed by atoms with Gasteiger partial charge in [0.05, 0.1) is 22.6 Å². The summed E-state index contributed by atoms with van der Waals surface area (Å²) >= 11 is 0. The van der Waals surface area contributed by atoms with Gasteiger partial charge in [-0.25, -0.2) is 9.37 Å². The van der Waals surface area contributed by atoms with E-state index in [1.165, 1.54) is 16.7 Å². The quantitative estimate of drug-likeness (QED) is 0.426. The SMILES string of the molecule is Cc1cccc2cc(C(C)Nc3nc(N)nc4cccnc34)n(-c3cccc(F)c3)c(=O)c12. The molecular formula is C25H21FN6O. The van der Waals surface area contributed by atoms with Crippen LogP contribution >= 0.6 is 0 Å². The molecule has 0 fully saturated rings. The molecule has 164 valence electrons. The standard InChI is InChI=1S/C25H21FN6O/c1-14-6-3-7-16-12-20(32(24(33)21(14)16)18-9-4-8-17(26)13-18)15(2)29-23-22-19(10-5-11-28-22)30-25(27)31-23/h3-13,15H,1-2H3,(H3,27,29,30,31). The molecule has 1 atom stereocenters. The lowest BCUT2D eigenvalue weighted by molar-refractivity contribution is 0.625. The topological polar surface area (TPSA) is 98.7 Å². The van der Waals surface area contributed by atoms with Gasteiger partial charge in [-0.3, -0.25) is 14.3 Å². The number of aromatic nitrogens is 4. The number of pyridine rings is 2. The molecule has 7 nitrogen and oxygen atoms in total. The first-order valence-electron chi connectivity index (χ1n) is 10.5. The molecule has 8 heteroatoms. The maximum atomic E-state index is 14.1. The van der Waals surface area contributed by atoms with Crippen molar-refractivity contribution in [2.24, 2.45) is 0 Å². The largest absolute Gasteiger partial charge is 0.368 e. The van der Waals surface area contributed by atoms with Crippen LogP contribution in [0.2, 0.25) is 0 Å². The van der Waals surface area contributed by atoms with Gasteiger partial charge in [-0.15, -0.1) is 0 Å². The number of hydrogen-bond acceptors (Lipinski definition) is 6. The molecule has 5 aromatic rings. The van der Waals surface area contributed by atoms with Gasteiger partial charge in [-0.05, 0) is 61.2 Å². The van der Waals surface area contributed by atoms with E-state index in [9.17, 15) is 9.18 Å². The molecule has 3 aromatic heterocycles. The van der Waals surface area contributed by atoms with Crippen LogP contribution in [0.15, 0.2) is 71.7 Å². The molecule has 0 aliphatic heterocycles. The van der Waals surface area contributed by atoms with Gasteiger partial charge >= 0.3 is 0 Å². The molecule has 0 aliphatic rings. The molecule has 1 unspecified atom stereocenters. The number of hydrogen-bond donors (Lipinski definition) is 2. The Bertz CT molecular complexity index is 1580. The summed E-state index contributed by atoms with van der Waals surface area (Å²) in [6.07, 6.45) is 1.65. The van der Waals surface area contributed by atoms with Crippen LogP contribution in [-0.2, 0) is 0 Å². The number of fused-ring (bicyclic) bond motifs is 2. The molecule has 33 heavy (non-hydrogen) atoms. The van der Waals surface area contributed by atoms with Crippen molar-refractivity contribution < 1.29 is 4.39 Å². The zero-order valence-corrected chi connectivity index (χ0v) is 18.1. The normalized spacial score (nSPS) is 12.2. The fourth-order valence-corrected chi connectivity index (χ4v) is 4.12. The lowest BCUT2D eigenvalue weighted by Crippen LogP contribution is -2.26. The van der Waals surface area contributed by atoms with Crippen molar-refractivity contribution in [1.82, 2.24) is 19.5 Å². The van der Waals surface area contributed by atoms with Crippen LogP contribution in [0.5, 0.6) is 0 Å². The van der Waals surface area contributed by atoms with E-state index in [1.807, 2.05) is 38.1 Å². The number of benzene rings is 2. The maximum Gasteiger partial charge on any atom is 0.263 e. The Balaban J connectivity index is 1.72. The fraction of sp³-hybridized carbons (Fsp3) is 0.120. The third kappa shape index (κ3) is 3.65. The van der Waals surface area contributed by atoms with Crippen LogP contribution in [0.4, 0.5) is 16.2 Å². The van der Waals surface area contributed by atoms with Gasteiger partial charge < -0.3 is 11.1 Å². The summed E-state index contributed by atoms with van der Waals surface area (Å²) in [5.41, 5.74) is 8.80. The molecule has 0 spiro atoms. The van der Waals surface area contributed by atoms with E-state index in [1.54, 1.807) is 30.5 Å². The van der Waals surface area contributed by atoms with Crippen LogP contribution in [-0.4, -0.2) is 19.5 Å². The third-order valence-corrected chi connectivity index (χ3v) is 5.62. The summed E-state index contributed by atoms with van der Waals surface area (Å²) in [5.74, 6) is 0.143. The number of nitrogens with zero attached hydrogens (tertiary/aromatic N) is 4. The molecule has 0 aliphatic carbocycles. The number of anilines is 2. The number of rotatable bonds is 4. The lowest BCUT2D eigenvalue weighted by Gasteiger charge is -2.22. The van der Waals surface area contributed by atoms with Crippen molar-refractivity contribution in [3.63, 3.8) is 0 Å². The van der Waals surface area contributed by atoms with Crippen molar-refractivity contribution in [3.05, 3.63) is 94.3 Å². The maximum absolute atomic E-state index is 14.1. The monoisotopic (exact) mass is 440 g/mol. The number of nitrogens with one attached hydrogen (secondary N) is 1. The van der Waals surface area contributed by atoms with E-state index < -0.39 is 11.9 Å². The molecular weight excluding hydrogens is 419 g/mol. The van der Waals surface area contributed by atoms with Gasteiger partial charge in [0.25, 0.3) is 5.56 Å². The minimum atomic E-state index is -0.422. The van der Waals surface area contributed by atoms with Gasteiger partial charge in [0.15, 0.2) is 5.82 Å². The summed E-state index contributed by atoms with van der Waals surface area (Å²) in [4.78, 5) is 26.6. The highest BCUT2D eigenvalue weighted by Crippen LogP contribution is 2.27. The Morgan fingerprint density at radius 3 is 2.70 bits per heavy atom. The van der Waals surface area contributed by atoms with E-state index in [0.29, 0.717) is 33.6 Å². The van der Waals surface area contributed by atoms with Crippen molar-refractivity contribution >= 4 is 33.6 Å². The molecule has 3 N–H and O–H groups in total. The Morgan fingerprint density at radius 2 is 1.88 bits per heavy atom. The highest BCUT2D eigenvalue weighted by atomic mass is 19.1. The molecule has 0 saturated carbocycles. The number of halogens is 1. The van der Waals surface area contributed by atoms with Gasteiger partial charge in [0.2, 0.25) is 5.95 Å². The Morgan fingerprint density at radius 1 is 1.06 bits per heavy atom. The number of nitrogens with two attached hydrogens (primary N) is 1. The first-order valence-corrected chi connectivity index (χ1v) is 10.5. The second-order valence-electron chi connectivity index (χ2n) is 7.90. The molecule has 0 bridgehead atoms. The first-order chi connectivity index (χ1) is 15.9. The highest BCUT2D eigenvalue weighted by molar-refractivity contribution is 5.87. The van der Waals surface area contributed by atoms with Crippen molar-refractivity contribution in [1.29, 1.82) is 0 Å². The molecule has 3 heterocycles. The number of aryl methyl sites for hydroxylation is 1. The molecule has 0 radical (unpaired) electrons. The van der Waals surface area contributed by atoms with Gasteiger partial charge in [-0.2, -0.15) is 4.98 Å². The van der Waals surface area contributed by atoms with Crippen LogP contribution in [0.25, 0.3) is 27.5 Å². The third-order valence-electron chi connectivity index (χ3n) is 5.62. The smallest absolute Gasteiger partial charge is 0.263 e. The summed E-state index contributed by atoms with van der Waals surface area (Å²) in [6, 6.07) is 16.8. The average Bonchev–Trinajstić information content (AvgIpc) is 2.78. The van der Waals surface area contributed by atoms with Crippen molar-refractivity contribution in [2.75, 3.05) is 11.1 Å². The van der Waals surface area contributed by atoms with Gasteiger partial charge in [0.1, 0.15) is 11.3 Å². The Labute approximate surface area is 188 Å². The number of nitrogen functional groups attached to an aromatic ring is 1. The van der Waals surface area contributed by atoms with E-state index in [4.69, 9.17) is 5.73 Å². The van der Waals surface area contributed by atoms with E-state index in [0.717, 1.165) is 10.9 Å². The van der Waals surface area contributed by atoms with Crippen molar-refractivity contribution in [2.45, 2.75) is 19.9 Å². The second-order valence-corrected chi connectivity index (χ2v) is 7.90.